The van der Waals surface area contributed by atoms with E-state index in [1.54, 1.807) is 20.8 Å². The molecule has 0 aliphatic carbocycles. The van der Waals surface area contributed by atoms with Gasteiger partial charge in [0.25, 0.3) is 0 Å². The second-order valence-electron chi connectivity index (χ2n) is 11.4. The lowest BCUT2D eigenvalue weighted by Crippen LogP contribution is -2.45. The van der Waals surface area contributed by atoms with E-state index in [1.165, 1.54) is 5.57 Å². The molecule has 7 nitrogen and oxygen atoms in total. The third-order valence-corrected chi connectivity index (χ3v) is 8.17. The number of fused-ring (bicyclic) bond motifs is 1. The molecular weight excluding hydrogens is 468 g/mol. The van der Waals surface area contributed by atoms with E-state index in [1.807, 2.05) is 32.0 Å². The summed E-state index contributed by atoms with van der Waals surface area (Å²) >= 11 is 0. The molecular formula is C30H44N2O5. The summed E-state index contributed by atoms with van der Waals surface area (Å²) in [4.78, 5) is 31.0. The van der Waals surface area contributed by atoms with Crippen LogP contribution in [0.4, 0.5) is 0 Å². The topological polar surface area (TPSA) is 102 Å². The number of ether oxygens (including phenoxy) is 1. The highest BCUT2D eigenvalue weighted by atomic mass is 16.5. The molecule has 0 bridgehead atoms. The standard InChI is InChI=1S/C30H44N2O5/c1-8-32-21(5)31-23-16-22(13-14-24(23)32)25-15-12-18(2)10-9-11-19(3)28(35)20(4)29(36)30(6,7)26(33)17-27(34)37-25/h12-14,16,19-20,25-26,28,33,35H,8-11,15,17H2,1-7H3/b18-12-/t19-,20+,25?,26-,28?/m0/s1. The van der Waals surface area contributed by atoms with Gasteiger partial charge in [-0.05, 0) is 63.6 Å². The molecule has 2 unspecified atom stereocenters. The number of aliphatic hydroxyl groups is 2. The number of hydrogen-bond acceptors (Lipinski definition) is 6. The fourth-order valence-electron chi connectivity index (χ4n) is 5.42. The molecule has 5 atom stereocenters. The first-order valence-electron chi connectivity index (χ1n) is 13.6. The maximum atomic E-state index is 13.3. The number of rotatable bonds is 2. The number of imidazole rings is 1. The summed E-state index contributed by atoms with van der Waals surface area (Å²) in [6, 6.07) is 5.97. The lowest BCUT2D eigenvalue weighted by Gasteiger charge is -2.34. The number of cyclic esters (lactones) is 1. The monoisotopic (exact) mass is 512 g/mol. The average Bonchev–Trinajstić information content (AvgIpc) is 3.18. The predicted molar refractivity (Wildman–Crippen MR) is 145 cm³/mol. The lowest BCUT2D eigenvalue weighted by atomic mass is 9.73. The van der Waals surface area contributed by atoms with Gasteiger partial charge >= 0.3 is 5.97 Å². The van der Waals surface area contributed by atoms with E-state index in [2.05, 4.69) is 29.5 Å². The van der Waals surface area contributed by atoms with Crippen LogP contribution >= 0.6 is 0 Å². The molecule has 0 spiro atoms. The number of carbonyl (C=O) groups is 2. The molecule has 1 aromatic carbocycles. The third kappa shape index (κ3) is 6.50. The second-order valence-corrected chi connectivity index (χ2v) is 11.4. The van der Waals surface area contributed by atoms with Crippen molar-refractivity contribution in [3.05, 3.63) is 41.2 Å². The van der Waals surface area contributed by atoms with Crippen LogP contribution < -0.4 is 0 Å². The number of aliphatic hydroxyl groups excluding tert-OH is 2. The molecule has 1 aliphatic rings. The fourth-order valence-corrected chi connectivity index (χ4v) is 5.42. The fraction of sp³-hybridized carbons (Fsp3) is 0.633. The largest absolute Gasteiger partial charge is 0.457 e. The summed E-state index contributed by atoms with van der Waals surface area (Å²) < 4.78 is 8.06. The zero-order valence-corrected chi connectivity index (χ0v) is 23.5. The highest BCUT2D eigenvalue weighted by Crippen LogP contribution is 2.33. The van der Waals surface area contributed by atoms with Gasteiger partial charge in [-0.3, -0.25) is 9.59 Å². The molecule has 2 N–H and O–H groups in total. The number of esters is 1. The van der Waals surface area contributed by atoms with E-state index >= 15 is 0 Å². The Morgan fingerprint density at radius 3 is 2.54 bits per heavy atom. The molecule has 204 valence electrons. The highest BCUT2D eigenvalue weighted by Gasteiger charge is 2.42. The SMILES string of the molecule is CCn1c(C)nc2cc(C3C/C=C(/C)CCC[C@H](C)C(O)[C@@H](C)C(=O)C(C)(C)[C@@H](O)CC(=O)O3)ccc21. The normalized spacial score (nSPS) is 30.1. The quantitative estimate of drug-likeness (QED) is 0.410. The third-order valence-electron chi connectivity index (χ3n) is 8.17. The van der Waals surface area contributed by atoms with Crippen LogP contribution in [-0.2, 0) is 20.9 Å². The van der Waals surface area contributed by atoms with Crippen molar-refractivity contribution in [1.82, 2.24) is 9.55 Å². The van der Waals surface area contributed by atoms with Gasteiger partial charge in [0.15, 0.2) is 0 Å². The first-order valence-corrected chi connectivity index (χ1v) is 13.6. The Morgan fingerprint density at radius 1 is 1.16 bits per heavy atom. The molecule has 0 fully saturated rings. The molecule has 0 radical (unpaired) electrons. The molecule has 0 amide bonds. The molecule has 0 saturated heterocycles. The van der Waals surface area contributed by atoms with Gasteiger partial charge in [0, 0.05) is 18.9 Å². The van der Waals surface area contributed by atoms with Crippen molar-refractivity contribution >= 4 is 22.8 Å². The van der Waals surface area contributed by atoms with E-state index in [-0.39, 0.29) is 18.1 Å². The highest BCUT2D eigenvalue weighted by molar-refractivity contribution is 5.88. The summed E-state index contributed by atoms with van der Waals surface area (Å²) in [7, 11) is 0. The van der Waals surface area contributed by atoms with Gasteiger partial charge in [-0.1, -0.05) is 45.4 Å². The maximum Gasteiger partial charge on any atom is 0.309 e. The van der Waals surface area contributed by atoms with Gasteiger partial charge in [-0.15, -0.1) is 0 Å². The Labute approximate surface area is 220 Å². The molecule has 37 heavy (non-hydrogen) atoms. The predicted octanol–water partition coefficient (Wildman–Crippen LogP) is 5.45. The van der Waals surface area contributed by atoms with Gasteiger partial charge in [-0.2, -0.15) is 0 Å². The van der Waals surface area contributed by atoms with Crippen molar-refractivity contribution in [3.8, 4) is 0 Å². The lowest BCUT2D eigenvalue weighted by molar-refractivity contribution is -0.155. The average molecular weight is 513 g/mol. The minimum absolute atomic E-state index is 0.0524. The first kappa shape index (κ1) is 29.1. The van der Waals surface area contributed by atoms with Crippen molar-refractivity contribution in [2.75, 3.05) is 0 Å². The minimum atomic E-state index is -1.23. The van der Waals surface area contributed by atoms with Gasteiger partial charge in [0.05, 0.1) is 35.1 Å². The summed E-state index contributed by atoms with van der Waals surface area (Å²) in [5, 5.41) is 21.7. The zero-order valence-electron chi connectivity index (χ0n) is 23.5. The molecule has 2 heterocycles. The minimum Gasteiger partial charge on any atom is -0.457 e. The number of Topliss-reactive ketones (excluding diaryl/α,β-unsaturated/α-hetero) is 1. The van der Waals surface area contributed by atoms with Gasteiger partial charge in [0.2, 0.25) is 0 Å². The van der Waals surface area contributed by atoms with E-state index in [0.717, 1.165) is 48.2 Å². The van der Waals surface area contributed by atoms with Crippen LogP contribution in [0.1, 0.15) is 91.1 Å². The number of allylic oxidation sites excluding steroid dienone is 1. The zero-order chi connectivity index (χ0) is 27.5. The Hall–Kier alpha value is -2.51. The van der Waals surface area contributed by atoms with Crippen LogP contribution in [0.25, 0.3) is 11.0 Å². The van der Waals surface area contributed by atoms with Gasteiger partial charge < -0.3 is 19.5 Å². The van der Waals surface area contributed by atoms with Gasteiger partial charge in [-0.25, -0.2) is 4.98 Å². The molecule has 7 heteroatoms. The Balaban J connectivity index is 1.94. The van der Waals surface area contributed by atoms with Crippen LogP contribution in [0.5, 0.6) is 0 Å². The van der Waals surface area contributed by atoms with Crippen LogP contribution in [0.3, 0.4) is 0 Å². The van der Waals surface area contributed by atoms with Crippen LogP contribution in [0, 0.1) is 24.2 Å². The maximum absolute atomic E-state index is 13.3. The van der Waals surface area contributed by atoms with E-state index in [9.17, 15) is 19.8 Å². The number of ketones is 1. The molecule has 0 saturated carbocycles. The first-order chi connectivity index (χ1) is 17.4. The second kappa shape index (κ2) is 11.9. The van der Waals surface area contributed by atoms with E-state index in [4.69, 9.17) is 4.74 Å². The van der Waals surface area contributed by atoms with Gasteiger partial charge in [0.1, 0.15) is 17.7 Å². The van der Waals surface area contributed by atoms with Crippen molar-refractivity contribution in [2.24, 2.45) is 17.3 Å². The summed E-state index contributed by atoms with van der Waals surface area (Å²) in [6.45, 7) is 13.9. The van der Waals surface area contributed by atoms with E-state index in [0.29, 0.717) is 6.42 Å². The van der Waals surface area contributed by atoms with Crippen LogP contribution in [0.15, 0.2) is 29.8 Å². The number of benzene rings is 1. The van der Waals surface area contributed by atoms with Crippen molar-refractivity contribution in [3.63, 3.8) is 0 Å². The van der Waals surface area contributed by atoms with E-state index < -0.39 is 35.6 Å². The Kier molecular flexibility index (Phi) is 9.35. The summed E-state index contributed by atoms with van der Waals surface area (Å²) in [6.07, 6.45) is 2.29. The van der Waals surface area contributed by atoms with Crippen LogP contribution in [0.2, 0.25) is 0 Å². The Bertz CT molecular complexity index is 1150. The number of aromatic nitrogens is 2. The Morgan fingerprint density at radius 2 is 1.86 bits per heavy atom. The summed E-state index contributed by atoms with van der Waals surface area (Å²) in [5.41, 5.74) is 2.73. The van der Waals surface area contributed by atoms with Crippen LogP contribution in [-0.4, -0.2) is 43.7 Å². The summed E-state index contributed by atoms with van der Waals surface area (Å²) in [5.74, 6) is -0.578. The van der Waals surface area contributed by atoms with Crippen molar-refractivity contribution < 1.29 is 24.5 Å². The number of carbonyl (C=O) groups excluding carboxylic acids is 2. The van der Waals surface area contributed by atoms with Crippen molar-refractivity contribution in [1.29, 1.82) is 0 Å². The van der Waals surface area contributed by atoms with Crippen molar-refractivity contribution in [2.45, 2.75) is 105 Å². The number of nitrogens with zero attached hydrogens (tertiary/aromatic N) is 2. The molecule has 1 aliphatic heterocycles. The smallest absolute Gasteiger partial charge is 0.309 e. The molecule has 3 rings (SSSR count). The molecule has 1 aromatic heterocycles. The number of aryl methyl sites for hydroxylation is 2. The molecule has 2 aromatic rings. The number of hydrogen-bond donors (Lipinski definition) is 2.